The number of nitriles is 1. The molecule has 10 nitrogen and oxygen atoms in total. The highest BCUT2D eigenvalue weighted by atomic mass is 16.3. The van der Waals surface area contributed by atoms with Crippen LogP contribution in [0.4, 0.5) is 11.6 Å². The standard InChI is InChI=1S/C27H26N8O2/c28-17-27(9-11-29-12-10-27)23-8-5-19(14-30-23)22-2-1-13-35-24(22)32-26(33-35)31-20-6-3-18(4-7-20)25(37)34-15-21(36)16-34/h1-8,13-14,21,29,36H,9-12,15-16H2,(H,31,33). The first-order valence-electron chi connectivity index (χ1n) is 12.3. The molecule has 1 aromatic carbocycles. The second kappa shape index (κ2) is 9.28. The van der Waals surface area contributed by atoms with E-state index < -0.39 is 11.5 Å². The molecule has 6 rings (SSSR count). The highest BCUT2D eigenvalue weighted by molar-refractivity contribution is 5.95. The SMILES string of the molecule is N#CC1(c2ccc(-c3cccn4nc(Nc5ccc(C(=O)N6CC(O)C6)cc5)nc34)cn2)CCNCC1. The number of fused-ring (bicyclic) bond motifs is 1. The fraction of sp³-hybridized carbons (Fsp3) is 0.296. The van der Waals surface area contributed by atoms with Crippen molar-refractivity contribution in [1.29, 1.82) is 5.26 Å². The molecule has 0 bridgehead atoms. The van der Waals surface area contributed by atoms with Crippen LogP contribution in [-0.2, 0) is 5.41 Å². The molecule has 0 spiro atoms. The summed E-state index contributed by atoms with van der Waals surface area (Å²) in [6, 6.07) is 17.5. The Morgan fingerprint density at radius 1 is 1.14 bits per heavy atom. The van der Waals surface area contributed by atoms with Gasteiger partial charge in [0, 0.05) is 47.9 Å². The van der Waals surface area contributed by atoms with Gasteiger partial charge in [-0.15, -0.1) is 5.10 Å². The van der Waals surface area contributed by atoms with Crippen molar-refractivity contribution in [2.75, 3.05) is 31.5 Å². The number of pyridine rings is 2. The molecule has 2 saturated heterocycles. The van der Waals surface area contributed by atoms with Crippen LogP contribution in [0.2, 0.25) is 0 Å². The Kier molecular flexibility index (Phi) is 5.79. The largest absolute Gasteiger partial charge is 0.389 e. The van der Waals surface area contributed by atoms with E-state index in [1.807, 2.05) is 42.6 Å². The number of anilines is 2. The highest BCUT2D eigenvalue weighted by Gasteiger charge is 2.35. The lowest BCUT2D eigenvalue weighted by molar-refractivity contribution is 0.00590. The number of benzene rings is 1. The number of piperidine rings is 1. The minimum absolute atomic E-state index is 0.0900. The quantitative estimate of drug-likeness (QED) is 0.386. The molecular weight excluding hydrogens is 468 g/mol. The van der Waals surface area contributed by atoms with E-state index in [9.17, 15) is 15.2 Å². The van der Waals surface area contributed by atoms with Crippen LogP contribution in [0, 0.1) is 11.3 Å². The average molecular weight is 495 g/mol. The number of aliphatic hydroxyl groups is 1. The molecule has 37 heavy (non-hydrogen) atoms. The molecule has 0 aliphatic carbocycles. The van der Waals surface area contributed by atoms with E-state index in [2.05, 4.69) is 26.8 Å². The first-order chi connectivity index (χ1) is 18.0. The van der Waals surface area contributed by atoms with Crippen LogP contribution in [0.25, 0.3) is 16.8 Å². The minimum Gasteiger partial charge on any atom is -0.389 e. The number of hydrogen-bond donors (Lipinski definition) is 3. The van der Waals surface area contributed by atoms with Gasteiger partial charge < -0.3 is 20.6 Å². The first kappa shape index (κ1) is 23.1. The summed E-state index contributed by atoms with van der Waals surface area (Å²) < 4.78 is 1.71. The molecule has 2 fully saturated rings. The summed E-state index contributed by atoms with van der Waals surface area (Å²) >= 11 is 0. The molecule has 0 saturated carbocycles. The number of aromatic nitrogens is 4. The van der Waals surface area contributed by atoms with Crippen molar-refractivity contribution in [3.05, 3.63) is 72.2 Å². The zero-order chi connectivity index (χ0) is 25.4. The van der Waals surface area contributed by atoms with Crippen LogP contribution < -0.4 is 10.6 Å². The van der Waals surface area contributed by atoms with Crippen molar-refractivity contribution < 1.29 is 9.90 Å². The Bertz CT molecular complexity index is 1480. The molecule has 3 N–H and O–H groups in total. The van der Waals surface area contributed by atoms with Gasteiger partial charge in [-0.25, -0.2) is 4.52 Å². The van der Waals surface area contributed by atoms with E-state index >= 15 is 0 Å². The Labute approximate surface area is 213 Å². The van der Waals surface area contributed by atoms with Crippen molar-refractivity contribution in [3.63, 3.8) is 0 Å². The van der Waals surface area contributed by atoms with E-state index in [4.69, 9.17) is 4.98 Å². The van der Waals surface area contributed by atoms with E-state index in [1.165, 1.54) is 0 Å². The van der Waals surface area contributed by atoms with Crippen LogP contribution in [-0.4, -0.2) is 67.8 Å². The fourth-order valence-electron chi connectivity index (χ4n) is 4.93. The van der Waals surface area contributed by atoms with Gasteiger partial charge >= 0.3 is 0 Å². The fourth-order valence-corrected chi connectivity index (χ4v) is 4.93. The van der Waals surface area contributed by atoms with Crippen LogP contribution in [0.15, 0.2) is 60.9 Å². The van der Waals surface area contributed by atoms with Crippen molar-refractivity contribution in [2.24, 2.45) is 0 Å². The summed E-state index contributed by atoms with van der Waals surface area (Å²) in [5.41, 5.74) is 4.06. The average Bonchev–Trinajstić information content (AvgIpc) is 3.34. The zero-order valence-electron chi connectivity index (χ0n) is 20.1. The van der Waals surface area contributed by atoms with E-state index in [0.717, 1.165) is 48.4 Å². The topological polar surface area (TPSA) is 131 Å². The number of carbonyl (C=O) groups is 1. The lowest BCUT2D eigenvalue weighted by Gasteiger charge is -2.35. The maximum absolute atomic E-state index is 12.4. The Hall–Kier alpha value is -4.33. The van der Waals surface area contributed by atoms with Crippen molar-refractivity contribution in [1.82, 2.24) is 29.8 Å². The summed E-state index contributed by atoms with van der Waals surface area (Å²) in [4.78, 5) is 23.4. The molecule has 0 radical (unpaired) electrons. The molecule has 0 unspecified atom stereocenters. The lowest BCUT2D eigenvalue weighted by atomic mass is 9.77. The molecule has 1 amide bonds. The molecule has 4 aromatic rings. The van der Waals surface area contributed by atoms with Crippen molar-refractivity contribution >= 4 is 23.2 Å². The van der Waals surface area contributed by atoms with Crippen LogP contribution in [0.5, 0.6) is 0 Å². The second-order valence-electron chi connectivity index (χ2n) is 9.57. The highest BCUT2D eigenvalue weighted by Crippen LogP contribution is 2.33. The Morgan fingerprint density at radius 3 is 2.59 bits per heavy atom. The normalized spacial score (nSPS) is 17.2. The van der Waals surface area contributed by atoms with E-state index in [1.54, 1.807) is 27.7 Å². The molecule has 10 heteroatoms. The second-order valence-corrected chi connectivity index (χ2v) is 9.57. The number of nitrogens with zero attached hydrogens (tertiary/aromatic N) is 6. The molecule has 2 aliphatic rings. The Morgan fingerprint density at radius 2 is 1.92 bits per heavy atom. The predicted octanol–water partition coefficient (Wildman–Crippen LogP) is 2.50. The van der Waals surface area contributed by atoms with E-state index in [0.29, 0.717) is 30.2 Å². The van der Waals surface area contributed by atoms with Gasteiger partial charge in [0.05, 0.1) is 17.9 Å². The zero-order valence-corrected chi connectivity index (χ0v) is 20.1. The van der Waals surface area contributed by atoms with Gasteiger partial charge in [-0.2, -0.15) is 10.2 Å². The van der Waals surface area contributed by atoms with Crippen molar-refractivity contribution in [3.8, 4) is 17.2 Å². The molecular formula is C27H26N8O2. The summed E-state index contributed by atoms with van der Waals surface area (Å²) in [6.07, 6.45) is 4.72. The smallest absolute Gasteiger partial charge is 0.254 e. The summed E-state index contributed by atoms with van der Waals surface area (Å²) in [7, 11) is 0. The van der Waals surface area contributed by atoms with Gasteiger partial charge in [-0.1, -0.05) is 6.07 Å². The molecule has 5 heterocycles. The number of nitrogens with one attached hydrogen (secondary N) is 2. The third-order valence-electron chi connectivity index (χ3n) is 7.14. The first-order valence-corrected chi connectivity index (χ1v) is 12.3. The number of rotatable bonds is 5. The number of amides is 1. The minimum atomic E-state index is -0.543. The summed E-state index contributed by atoms with van der Waals surface area (Å²) in [5, 5.41) is 30.3. The van der Waals surface area contributed by atoms with Gasteiger partial charge in [0.2, 0.25) is 5.95 Å². The van der Waals surface area contributed by atoms with Gasteiger partial charge in [0.1, 0.15) is 5.41 Å². The number of hydrogen-bond acceptors (Lipinski definition) is 8. The Balaban J connectivity index is 1.22. The summed E-state index contributed by atoms with van der Waals surface area (Å²) in [6.45, 7) is 2.38. The number of carbonyl (C=O) groups excluding carboxylic acids is 1. The van der Waals surface area contributed by atoms with E-state index in [-0.39, 0.29) is 5.91 Å². The van der Waals surface area contributed by atoms with Gasteiger partial charge in [0.15, 0.2) is 5.65 Å². The van der Waals surface area contributed by atoms with Crippen molar-refractivity contribution in [2.45, 2.75) is 24.4 Å². The number of likely N-dealkylation sites (tertiary alicyclic amines) is 1. The molecule has 3 aromatic heterocycles. The maximum Gasteiger partial charge on any atom is 0.254 e. The third kappa shape index (κ3) is 4.28. The summed E-state index contributed by atoms with van der Waals surface area (Å²) in [5.74, 6) is 0.341. The maximum atomic E-state index is 12.4. The van der Waals surface area contributed by atoms with Gasteiger partial charge in [-0.3, -0.25) is 9.78 Å². The monoisotopic (exact) mass is 494 g/mol. The van der Waals surface area contributed by atoms with Crippen LogP contribution in [0.3, 0.4) is 0 Å². The van der Waals surface area contributed by atoms with Crippen LogP contribution in [0.1, 0.15) is 28.9 Å². The van der Waals surface area contributed by atoms with Crippen LogP contribution >= 0.6 is 0 Å². The molecule has 186 valence electrons. The predicted molar refractivity (Wildman–Crippen MR) is 137 cm³/mol. The van der Waals surface area contributed by atoms with Gasteiger partial charge in [-0.05, 0) is 68.4 Å². The third-order valence-corrected chi connectivity index (χ3v) is 7.14. The number of aliphatic hydroxyl groups excluding tert-OH is 1. The lowest BCUT2D eigenvalue weighted by Crippen LogP contribution is -2.53. The van der Waals surface area contributed by atoms with Gasteiger partial charge in [0.25, 0.3) is 5.91 Å². The number of β-amino-alcohol motifs (C(OH)–C–C–N with tert-alkyl or cyclic N) is 1. The molecule has 2 aliphatic heterocycles. The molecule has 0 atom stereocenters.